The fraction of sp³-hybridized carbons (Fsp3) is 0.385. The predicted molar refractivity (Wildman–Crippen MR) is 67.6 cm³/mol. The highest BCUT2D eigenvalue weighted by atomic mass is 32.1. The minimum Gasteiger partial charge on any atom is -0.268 e. The lowest BCUT2D eigenvalue weighted by molar-refractivity contribution is 0.547. The van der Waals surface area contributed by atoms with E-state index in [-0.39, 0.29) is 0 Å². The summed E-state index contributed by atoms with van der Waals surface area (Å²) in [5, 5.41) is 15.5. The molecule has 2 heterocycles. The summed E-state index contributed by atoms with van der Waals surface area (Å²) in [4.78, 5) is 1.18. The first-order valence-electron chi connectivity index (χ1n) is 5.84. The lowest BCUT2D eigenvalue weighted by atomic mass is 10.2. The molecule has 0 spiro atoms. The fourth-order valence-electron chi connectivity index (χ4n) is 1.93. The van der Waals surface area contributed by atoms with Crippen LogP contribution in [0.15, 0.2) is 23.6 Å². The van der Waals surface area contributed by atoms with Crippen LogP contribution in [0.1, 0.15) is 18.5 Å². The molecule has 17 heavy (non-hydrogen) atoms. The second-order valence-corrected chi connectivity index (χ2v) is 5.41. The van der Waals surface area contributed by atoms with E-state index in [0.717, 1.165) is 23.9 Å². The Labute approximate surface area is 104 Å². The quantitative estimate of drug-likeness (QED) is 0.828. The molecule has 0 aromatic carbocycles. The molecule has 0 radical (unpaired) electrons. The smallest absolute Gasteiger partial charge is 0.103 e. The van der Waals surface area contributed by atoms with Crippen molar-refractivity contribution in [1.29, 1.82) is 5.26 Å². The largest absolute Gasteiger partial charge is 0.268 e. The minimum atomic E-state index is 0.449. The zero-order valence-electron chi connectivity index (χ0n) is 9.47. The maximum atomic E-state index is 8.85. The minimum absolute atomic E-state index is 0.449. The molecule has 0 bridgehead atoms. The van der Waals surface area contributed by atoms with Crippen LogP contribution < -0.4 is 0 Å². The highest BCUT2D eigenvalue weighted by Gasteiger charge is 2.23. The lowest BCUT2D eigenvalue weighted by Crippen LogP contribution is -2.06. The molecule has 1 aliphatic carbocycles. The lowest BCUT2D eigenvalue weighted by Gasteiger charge is -2.02. The Morgan fingerprint density at radius 3 is 3.06 bits per heavy atom. The van der Waals surface area contributed by atoms with Gasteiger partial charge in [0.1, 0.15) is 5.69 Å². The second kappa shape index (κ2) is 4.34. The van der Waals surface area contributed by atoms with Crippen molar-refractivity contribution in [2.24, 2.45) is 5.92 Å². The Morgan fingerprint density at radius 1 is 1.53 bits per heavy atom. The van der Waals surface area contributed by atoms with E-state index in [4.69, 9.17) is 5.26 Å². The zero-order valence-corrected chi connectivity index (χ0v) is 10.3. The molecule has 0 atom stereocenters. The summed E-state index contributed by atoms with van der Waals surface area (Å²) in [5.41, 5.74) is 2.05. The molecule has 1 fully saturated rings. The predicted octanol–water partition coefficient (Wildman–Crippen LogP) is 3.09. The second-order valence-electron chi connectivity index (χ2n) is 4.46. The van der Waals surface area contributed by atoms with E-state index in [1.54, 1.807) is 11.3 Å². The number of thiophene rings is 1. The molecule has 2 aromatic heterocycles. The topological polar surface area (TPSA) is 41.6 Å². The number of hydrogen-bond acceptors (Lipinski definition) is 3. The van der Waals surface area contributed by atoms with Gasteiger partial charge in [0, 0.05) is 6.54 Å². The summed E-state index contributed by atoms with van der Waals surface area (Å²) >= 11 is 1.69. The number of hydrogen-bond donors (Lipinski definition) is 0. The maximum Gasteiger partial charge on any atom is 0.103 e. The number of nitriles is 1. The molecule has 0 amide bonds. The summed E-state index contributed by atoms with van der Waals surface area (Å²) in [7, 11) is 0. The van der Waals surface area contributed by atoms with Crippen LogP contribution in [0, 0.1) is 17.2 Å². The third kappa shape index (κ3) is 2.25. The number of nitrogens with zero attached hydrogens (tertiary/aromatic N) is 3. The van der Waals surface area contributed by atoms with Crippen LogP contribution in [0.3, 0.4) is 0 Å². The Morgan fingerprint density at radius 2 is 2.41 bits per heavy atom. The standard InChI is InChI=1S/C13H13N3S/c14-6-5-11-8-12(13-2-1-7-17-13)15-16(11)9-10-3-4-10/h1-2,7-8,10H,3-5,9H2. The van der Waals surface area contributed by atoms with Gasteiger partial charge in [0.25, 0.3) is 0 Å². The van der Waals surface area contributed by atoms with Gasteiger partial charge >= 0.3 is 0 Å². The average molecular weight is 243 g/mol. The summed E-state index contributed by atoms with van der Waals surface area (Å²) in [5.74, 6) is 0.781. The van der Waals surface area contributed by atoms with Gasteiger partial charge in [-0.15, -0.1) is 11.3 Å². The molecule has 4 heteroatoms. The van der Waals surface area contributed by atoms with Crippen molar-refractivity contribution in [2.75, 3.05) is 0 Å². The van der Waals surface area contributed by atoms with Crippen LogP contribution in [0.2, 0.25) is 0 Å². The van der Waals surface area contributed by atoms with Crippen LogP contribution in [-0.4, -0.2) is 9.78 Å². The van der Waals surface area contributed by atoms with Crippen molar-refractivity contribution in [3.8, 4) is 16.6 Å². The van der Waals surface area contributed by atoms with Crippen LogP contribution in [0.25, 0.3) is 10.6 Å². The molecule has 3 rings (SSSR count). The highest BCUT2D eigenvalue weighted by molar-refractivity contribution is 7.13. The van der Waals surface area contributed by atoms with Gasteiger partial charge in [-0.25, -0.2) is 0 Å². The Bertz CT molecular complexity index is 544. The van der Waals surface area contributed by atoms with Gasteiger partial charge in [0.15, 0.2) is 0 Å². The third-order valence-electron chi connectivity index (χ3n) is 3.03. The summed E-state index contributed by atoms with van der Waals surface area (Å²) in [6.07, 6.45) is 3.06. The molecule has 3 nitrogen and oxygen atoms in total. The van der Waals surface area contributed by atoms with Gasteiger partial charge in [-0.2, -0.15) is 10.4 Å². The van der Waals surface area contributed by atoms with E-state index in [1.807, 2.05) is 10.7 Å². The molecular formula is C13H13N3S. The van der Waals surface area contributed by atoms with Gasteiger partial charge in [-0.3, -0.25) is 4.68 Å². The SMILES string of the molecule is N#CCc1cc(-c2cccs2)nn1CC1CC1. The van der Waals surface area contributed by atoms with Gasteiger partial charge in [0.05, 0.1) is 23.1 Å². The molecule has 1 aliphatic rings. The monoisotopic (exact) mass is 243 g/mol. The molecule has 0 aliphatic heterocycles. The zero-order chi connectivity index (χ0) is 11.7. The van der Waals surface area contributed by atoms with Gasteiger partial charge in [-0.1, -0.05) is 6.07 Å². The number of aromatic nitrogens is 2. The van der Waals surface area contributed by atoms with Crippen LogP contribution in [0.4, 0.5) is 0 Å². The molecule has 2 aromatic rings. The van der Waals surface area contributed by atoms with Crippen molar-refractivity contribution >= 4 is 11.3 Å². The third-order valence-corrected chi connectivity index (χ3v) is 3.92. The number of rotatable bonds is 4. The van der Waals surface area contributed by atoms with Crippen LogP contribution >= 0.6 is 11.3 Å². The van der Waals surface area contributed by atoms with E-state index in [0.29, 0.717) is 6.42 Å². The summed E-state index contributed by atoms with van der Waals surface area (Å²) < 4.78 is 2.02. The molecule has 0 saturated heterocycles. The molecule has 0 unspecified atom stereocenters. The van der Waals surface area contributed by atoms with E-state index < -0.39 is 0 Å². The maximum absolute atomic E-state index is 8.85. The normalized spacial score (nSPS) is 14.8. The van der Waals surface area contributed by atoms with Gasteiger partial charge in [0.2, 0.25) is 0 Å². The van der Waals surface area contributed by atoms with Crippen molar-refractivity contribution in [3.63, 3.8) is 0 Å². The molecule has 1 saturated carbocycles. The Kier molecular flexibility index (Phi) is 2.69. The first kappa shape index (κ1) is 10.5. The van der Waals surface area contributed by atoms with E-state index >= 15 is 0 Å². The first-order chi connectivity index (χ1) is 8.36. The highest BCUT2D eigenvalue weighted by Crippen LogP contribution is 2.32. The molecular weight excluding hydrogens is 230 g/mol. The van der Waals surface area contributed by atoms with Gasteiger partial charge < -0.3 is 0 Å². The van der Waals surface area contributed by atoms with Crippen molar-refractivity contribution in [3.05, 3.63) is 29.3 Å². The van der Waals surface area contributed by atoms with E-state index in [1.165, 1.54) is 17.7 Å². The van der Waals surface area contributed by atoms with E-state index in [9.17, 15) is 0 Å². The fourth-order valence-corrected chi connectivity index (χ4v) is 2.61. The van der Waals surface area contributed by atoms with Crippen molar-refractivity contribution in [1.82, 2.24) is 9.78 Å². The first-order valence-corrected chi connectivity index (χ1v) is 6.72. The summed E-state index contributed by atoms with van der Waals surface area (Å²) in [6, 6.07) is 8.38. The van der Waals surface area contributed by atoms with E-state index in [2.05, 4.69) is 28.7 Å². The Hall–Kier alpha value is -1.60. The summed E-state index contributed by atoms with van der Waals surface area (Å²) in [6.45, 7) is 0.975. The van der Waals surface area contributed by atoms with Crippen molar-refractivity contribution in [2.45, 2.75) is 25.8 Å². The van der Waals surface area contributed by atoms with Crippen LogP contribution in [-0.2, 0) is 13.0 Å². The molecule has 86 valence electrons. The molecule has 0 N–H and O–H groups in total. The Balaban J connectivity index is 1.92. The average Bonchev–Trinajstić information content (AvgIpc) is 2.83. The van der Waals surface area contributed by atoms with Crippen molar-refractivity contribution < 1.29 is 0 Å². The van der Waals surface area contributed by atoms with Gasteiger partial charge in [-0.05, 0) is 36.3 Å². The van der Waals surface area contributed by atoms with Crippen LogP contribution in [0.5, 0.6) is 0 Å².